The molecule has 1 N–H and O–H groups in total. The molecule has 1 saturated heterocycles. The number of rotatable bonds is 6. The maximum absolute atomic E-state index is 13.4. The van der Waals surface area contributed by atoms with Crippen LogP contribution < -0.4 is 10.1 Å². The number of nitrogens with zero attached hydrogens (tertiary/aromatic N) is 4. The predicted molar refractivity (Wildman–Crippen MR) is 173 cm³/mol. The second kappa shape index (κ2) is 12.1. The summed E-state index contributed by atoms with van der Waals surface area (Å²) in [4.78, 5) is 27.5. The Balaban J connectivity index is 1.18. The Morgan fingerprint density at radius 1 is 1.02 bits per heavy atom. The van der Waals surface area contributed by atoms with Crippen molar-refractivity contribution in [3.63, 3.8) is 0 Å². The number of hydrogen-bond donors (Lipinski definition) is 1. The third-order valence-corrected chi connectivity index (χ3v) is 9.31. The second-order valence-electron chi connectivity index (χ2n) is 14.3. The van der Waals surface area contributed by atoms with Gasteiger partial charge in [-0.1, -0.05) is 51.4 Å². The van der Waals surface area contributed by atoms with Crippen LogP contribution in [0, 0.1) is 22.2 Å². The fraction of sp³-hybridized carbons (Fsp3) is 0.486. The van der Waals surface area contributed by atoms with E-state index in [1.54, 1.807) is 23.1 Å². The molecule has 2 fully saturated rings. The quantitative estimate of drug-likeness (QED) is 0.307. The molecular weight excluding hydrogens is 590 g/mol. The predicted octanol–water partition coefficient (Wildman–Crippen LogP) is 7.26. The standard InChI is InChI=1S/C35H42ClN5O4/c1-33(2,3)45-32(43)40-16-14-26(15-17-40)41-21-25(20-38-41)22-8-10-23(11-9-22)29(42)39-30-34(4,5)31(35(30,6)7)44-27-13-12-24(19-37)28(36)18-27/h8-13,18,20-21,26,30-31H,14-17H2,1-7H3,(H,39,42)/t30-,31-. The zero-order valence-corrected chi connectivity index (χ0v) is 27.8. The first-order valence-corrected chi connectivity index (χ1v) is 15.8. The lowest BCUT2D eigenvalue weighted by molar-refractivity contribution is -0.164. The Morgan fingerprint density at radius 3 is 2.24 bits per heavy atom. The summed E-state index contributed by atoms with van der Waals surface area (Å²) < 4.78 is 13.8. The molecule has 1 aliphatic heterocycles. The molecule has 10 heteroatoms. The van der Waals surface area contributed by atoms with Crippen molar-refractivity contribution in [2.24, 2.45) is 10.8 Å². The first-order chi connectivity index (χ1) is 21.1. The molecule has 1 saturated carbocycles. The molecule has 1 aromatic heterocycles. The average Bonchev–Trinajstić information content (AvgIpc) is 3.48. The summed E-state index contributed by atoms with van der Waals surface area (Å²) in [7, 11) is 0. The minimum atomic E-state index is -0.507. The first kappa shape index (κ1) is 32.4. The van der Waals surface area contributed by atoms with Gasteiger partial charge in [0.15, 0.2) is 0 Å². The van der Waals surface area contributed by atoms with Crippen LogP contribution in [0.2, 0.25) is 5.02 Å². The van der Waals surface area contributed by atoms with Crippen LogP contribution in [-0.2, 0) is 4.74 Å². The number of nitriles is 1. The van der Waals surface area contributed by atoms with E-state index in [0.29, 0.717) is 35.0 Å². The van der Waals surface area contributed by atoms with Crippen molar-refractivity contribution in [1.82, 2.24) is 20.0 Å². The number of nitrogens with one attached hydrogen (secondary N) is 1. The van der Waals surface area contributed by atoms with Crippen LogP contribution >= 0.6 is 11.6 Å². The molecule has 2 amide bonds. The van der Waals surface area contributed by atoms with Crippen molar-refractivity contribution < 1.29 is 19.1 Å². The number of carbonyl (C=O) groups excluding carboxylic acids is 2. The van der Waals surface area contributed by atoms with Crippen molar-refractivity contribution in [3.05, 3.63) is 71.0 Å². The lowest BCUT2D eigenvalue weighted by Crippen LogP contribution is -2.74. The number of likely N-dealkylation sites (tertiary alicyclic amines) is 1. The summed E-state index contributed by atoms with van der Waals surface area (Å²) in [5.74, 6) is 0.458. The number of carbonyl (C=O) groups is 2. The van der Waals surface area contributed by atoms with E-state index < -0.39 is 5.60 Å². The second-order valence-corrected chi connectivity index (χ2v) is 14.7. The molecule has 0 radical (unpaired) electrons. The number of piperidine rings is 1. The molecule has 0 unspecified atom stereocenters. The molecule has 238 valence electrons. The van der Waals surface area contributed by atoms with Crippen LogP contribution in [0.3, 0.4) is 0 Å². The number of ether oxygens (including phenoxy) is 2. The van der Waals surface area contributed by atoms with E-state index in [-0.39, 0.29) is 41.0 Å². The molecule has 0 atom stereocenters. The Hall–Kier alpha value is -4.03. The van der Waals surface area contributed by atoms with Crippen LogP contribution in [0.1, 0.15) is 83.3 Å². The fourth-order valence-electron chi connectivity index (χ4n) is 6.95. The number of halogens is 1. The Kier molecular flexibility index (Phi) is 8.67. The third kappa shape index (κ3) is 6.67. The highest BCUT2D eigenvalue weighted by Gasteiger charge is 2.64. The van der Waals surface area contributed by atoms with E-state index in [9.17, 15) is 9.59 Å². The van der Waals surface area contributed by atoms with Crippen LogP contribution in [0.4, 0.5) is 4.79 Å². The highest BCUT2D eigenvalue weighted by Crippen LogP contribution is 2.55. The first-order valence-electron chi connectivity index (χ1n) is 15.4. The topological polar surface area (TPSA) is 109 Å². The summed E-state index contributed by atoms with van der Waals surface area (Å²) in [5.41, 5.74) is 1.72. The van der Waals surface area contributed by atoms with Crippen LogP contribution in [0.25, 0.3) is 11.1 Å². The molecule has 0 bridgehead atoms. The smallest absolute Gasteiger partial charge is 0.410 e. The fourth-order valence-corrected chi connectivity index (χ4v) is 7.16. The SMILES string of the molecule is CC(C)(C)OC(=O)N1CCC(n2cc(-c3ccc(C(=O)N[C@H]4C(C)(C)[C@H](Oc5ccc(C#N)c(Cl)c5)C4(C)C)cc3)cn2)CC1. The van der Waals surface area contributed by atoms with Gasteiger partial charge >= 0.3 is 6.09 Å². The highest BCUT2D eigenvalue weighted by molar-refractivity contribution is 6.31. The van der Waals surface area contributed by atoms with Crippen molar-refractivity contribution in [2.45, 2.75) is 85.1 Å². The number of amides is 2. The van der Waals surface area contributed by atoms with Gasteiger partial charge in [0, 0.05) is 53.4 Å². The van der Waals surface area contributed by atoms with Gasteiger partial charge < -0.3 is 19.7 Å². The lowest BCUT2D eigenvalue weighted by Gasteiger charge is -2.63. The Morgan fingerprint density at radius 2 is 1.67 bits per heavy atom. The van der Waals surface area contributed by atoms with Crippen molar-refractivity contribution in [3.8, 4) is 22.9 Å². The van der Waals surface area contributed by atoms with Gasteiger partial charge in [0.2, 0.25) is 0 Å². The molecule has 2 aliphatic rings. The van der Waals surface area contributed by atoms with Crippen LogP contribution in [0.5, 0.6) is 5.75 Å². The summed E-state index contributed by atoms with van der Waals surface area (Å²) in [6, 6.07) is 14.8. The Bertz CT molecular complexity index is 1590. The number of aromatic nitrogens is 2. The summed E-state index contributed by atoms with van der Waals surface area (Å²) in [6.07, 6.45) is 5.04. The number of benzene rings is 2. The molecule has 0 spiro atoms. The van der Waals surface area contributed by atoms with E-state index in [0.717, 1.165) is 24.0 Å². The number of hydrogen-bond acceptors (Lipinski definition) is 6. The molecule has 3 aromatic rings. The van der Waals surface area contributed by atoms with Gasteiger partial charge in [0.25, 0.3) is 5.91 Å². The normalized spacial score (nSPS) is 20.9. The highest BCUT2D eigenvalue weighted by atomic mass is 35.5. The van der Waals surface area contributed by atoms with Gasteiger partial charge in [0.1, 0.15) is 23.5 Å². The maximum atomic E-state index is 13.4. The monoisotopic (exact) mass is 631 g/mol. The molecular formula is C35H42ClN5O4. The Labute approximate surface area is 270 Å². The van der Waals surface area contributed by atoms with Crippen LogP contribution in [-0.4, -0.2) is 57.5 Å². The zero-order valence-electron chi connectivity index (χ0n) is 27.1. The summed E-state index contributed by atoms with van der Waals surface area (Å²) in [5, 5.41) is 17.4. The van der Waals surface area contributed by atoms with Gasteiger partial charge in [-0.25, -0.2) is 4.79 Å². The zero-order chi connectivity index (χ0) is 32.7. The summed E-state index contributed by atoms with van der Waals surface area (Å²) in [6.45, 7) is 15.2. The van der Waals surface area contributed by atoms with Crippen molar-refractivity contribution in [1.29, 1.82) is 5.26 Å². The summed E-state index contributed by atoms with van der Waals surface area (Å²) >= 11 is 6.22. The average molecular weight is 632 g/mol. The molecule has 1 aliphatic carbocycles. The van der Waals surface area contributed by atoms with E-state index in [1.807, 2.05) is 62.1 Å². The minimum Gasteiger partial charge on any atom is -0.489 e. The van der Waals surface area contributed by atoms with Gasteiger partial charge in [-0.2, -0.15) is 10.4 Å². The largest absolute Gasteiger partial charge is 0.489 e. The van der Waals surface area contributed by atoms with Gasteiger partial charge in [-0.05, 0) is 63.4 Å². The molecule has 45 heavy (non-hydrogen) atoms. The van der Waals surface area contributed by atoms with Gasteiger partial charge in [0.05, 0.1) is 22.8 Å². The van der Waals surface area contributed by atoms with E-state index in [1.165, 1.54) is 0 Å². The maximum Gasteiger partial charge on any atom is 0.410 e. The molecule has 9 nitrogen and oxygen atoms in total. The van der Waals surface area contributed by atoms with Crippen molar-refractivity contribution in [2.75, 3.05) is 13.1 Å². The van der Waals surface area contributed by atoms with Gasteiger partial charge in [-0.15, -0.1) is 0 Å². The van der Waals surface area contributed by atoms with Crippen LogP contribution in [0.15, 0.2) is 54.9 Å². The van der Waals surface area contributed by atoms with E-state index in [2.05, 4.69) is 44.2 Å². The van der Waals surface area contributed by atoms with Crippen molar-refractivity contribution >= 4 is 23.6 Å². The molecule has 2 aromatic carbocycles. The molecule has 5 rings (SSSR count). The van der Waals surface area contributed by atoms with Gasteiger partial charge in [-0.3, -0.25) is 9.48 Å². The molecule has 2 heterocycles. The van der Waals surface area contributed by atoms with E-state index >= 15 is 0 Å². The third-order valence-electron chi connectivity index (χ3n) is 9.00. The minimum absolute atomic E-state index is 0.129. The lowest BCUT2D eigenvalue weighted by atomic mass is 9.49. The van der Waals surface area contributed by atoms with E-state index in [4.69, 9.17) is 26.3 Å².